The molecule has 0 saturated heterocycles. The molecule has 0 spiro atoms. The molecule has 235 valence electrons. The second-order valence-corrected chi connectivity index (χ2v) is 13.0. The van der Waals surface area contributed by atoms with Crippen LogP contribution in [0.1, 0.15) is 62.0 Å². The molecule has 8 aromatic rings. The summed E-state index contributed by atoms with van der Waals surface area (Å²) in [5.41, 5.74) is 5.24. The Morgan fingerprint density at radius 1 is 0.787 bits per heavy atom. The van der Waals surface area contributed by atoms with Gasteiger partial charge in [-0.1, -0.05) is 49.6 Å². The third-order valence-corrected chi connectivity index (χ3v) is 9.46. The summed E-state index contributed by atoms with van der Waals surface area (Å²) in [4.78, 5) is 8.99. The molecule has 0 bridgehead atoms. The van der Waals surface area contributed by atoms with Crippen LogP contribution in [0.3, 0.4) is 0 Å². The maximum atomic E-state index is 9.78. The van der Waals surface area contributed by atoms with Crippen LogP contribution < -0.4 is 0 Å². The van der Waals surface area contributed by atoms with Gasteiger partial charge in [-0.3, -0.25) is 0 Å². The van der Waals surface area contributed by atoms with Crippen LogP contribution in [0.4, 0.5) is 0 Å². The van der Waals surface area contributed by atoms with Crippen LogP contribution in [0, 0.1) is 24.4 Å². The number of hydrogen-bond donors (Lipinski definition) is 0. The maximum absolute atomic E-state index is 9.78. The molecule has 0 aliphatic heterocycles. The van der Waals surface area contributed by atoms with E-state index in [1.807, 2.05) is 78.9 Å². The monoisotopic (exact) mass is 793 g/mol. The first kappa shape index (κ1) is 26.7. The topological polar surface area (TPSA) is 38.9 Å². The predicted molar refractivity (Wildman–Crippen MR) is 191 cm³/mol. The minimum Gasteiger partial charge on any atom is -0.456 e. The fourth-order valence-corrected chi connectivity index (χ4v) is 6.94. The third-order valence-electron chi connectivity index (χ3n) is 9.46. The number of rotatable bonds is 2. The van der Waals surface area contributed by atoms with Gasteiger partial charge in [-0.25, -0.2) is 0 Å². The molecule has 0 N–H and O–H groups in total. The normalized spacial score (nSPS) is 16.9. The van der Waals surface area contributed by atoms with Gasteiger partial charge in [0.1, 0.15) is 11.2 Å². The van der Waals surface area contributed by atoms with Gasteiger partial charge in [-0.15, -0.1) is 65.5 Å². The molecular formula is C43H36IrN2O-2. The van der Waals surface area contributed by atoms with Gasteiger partial charge in [0, 0.05) is 48.8 Å². The summed E-state index contributed by atoms with van der Waals surface area (Å²) >= 11 is 0. The van der Waals surface area contributed by atoms with Crippen molar-refractivity contribution < 1.29 is 30.0 Å². The van der Waals surface area contributed by atoms with Gasteiger partial charge in [0.05, 0.1) is 0 Å². The Kier molecular flexibility index (Phi) is 7.19. The van der Waals surface area contributed by atoms with Crippen molar-refractivity contribution in [3.63, 3.8) is 0 Å². The van der Waals surface area contributed by atoms with E-state index >= 15 is 0 Å². The van der Waals surface area contributed by atoms with E-state index in [4.69, 9.17) is 13.5 Å². The zero-order valence-electron chi connectivity index (χ0n) is 30.4. The van der Waals surface area contributed by atoms with Crippen LogP contribution >= 0.6 is 0 Å². The van der Waals surface area contributed by atoms with Gasteiger partial charge >= 0.3 is 0 Å². The predicted octanol–water partition coefficient (Wildman–Crippen LogP) is 11.8. The summed E-state index contributed by atoms with van der Waals surface area (Å²) in [6, 6.07) is 38.2. The van der Waals surface area contributed by atoms with Crippen molar-refractivity contribution >= 4 is 54.4 Å². The van der Waals surface area contributed by atoms with Crippen LogP contribution in [-0.4, -0.2) is 9.97 Å². The van der Waals surface area contributed by atoms with Crippen molar-refractivity contribution in [2.75, 3.05) is 0 Å². The first-order valence-corrected chi connectivity index (χ1v) is 15.9. The van der Waals surface area contributed by atoms with E-state index < -0.39 is 12.7 Å². The van der Waals surface area contributed by atoms with Crippen LogP contribution in [0.2, 0.25) is 0 Å². The smallest absolute Gasteiger partial charge is 0.135 e. The molecule has 5 aromatic carbocycles. The number of para-hydroxylation sites is 1. The van der Waals surface area contributed by atoms with E-state index in [9.17, 15) is 1.37 Å². The third kappa shape index (κ3) is 5.75. The fraction of sp³-hybridized carbons (Fsp3) is 0.209. The molecule has 3 aromatic heterocycles. The standard InChI is InChI=1S/C32H28NO.C11H8N.Ir/c1-19-18-33-31-23-10-5-4-8-21(23)24-17-28-25(22-9-6-7-11-27(22)34-28)16-26(24)30(31)29(19)20-12-14-32(2,3)15-13-20;1-2-6-10(7-3-1)11-8-4-5-9-12-11;/h4-9,11,16-18,20H,12-15H2,1-3H3;1-6,8-9H;/q2*-1;/i1D3,20D;;. The summed E-state index contributed by atoms with van der Waals surface area (Å²) in [7, 11) is 0. The van der Waals surface area contributed by atoms with Gasteiger partial charge in [0.25, 0.3) is 0 Å². The van der Waals surface area contributed by atoms with E-state index in [0.29, 0.717) is 23.9 Å². The zero-order valence-corrected chi connectivity index (χ0v) is 28.8. The average Bonchev–Trinajstić information content (AvgIpc) is 3.50. The second kappa shape index (κ2) is 12.7. The van der Waals surface area contributed by atoms with Crippen LogP contribution in [0.15, 0.2) is 114 Å². The summed E-state index contributed by atoms with van der Waals surface area (Å²) in [5.74, 6) is -1.02. The van der Waals surface area contributed by atoms with Crippen molar-refractivity contribution in [1.82, 2.24) is 9.97 Å². The number of furan rings is 1. The minimum absolute atomic E-state index is 0. The molecule has 9 rings (SSSR count). The number of fused-ring (bicyclic) bond motifs is 9. The van der Waals surface area contributed by atoms with E-state index in [1.54, 1.807) is 6.20 Å². The Morgan fingerprint density at radius 3 is 2.36 bits per heavy atom. The summed E-state index contributed by atoms with van der Waals surface area (Å²) in [5, 5.41) is 6.45. The zero-order chi connectivity index (χ0) is 34.7. The molecule has 1 aliphatic carbocycles. The van der Waals surface area contributed by atoms with Crippen LogP contribution in [0.25, 0.3) is 65.6 Å². The summed E-state index contributed by atoms with van der Waals surface area (Å²) in [6.07, 6.45) is 6.24. The molecule has 0 amide bonds. The Hall–Kier alpha value is -4.37. The Bertz CT molecular complexity index is 2480. The van der Waals surface area contributed by atoms with Crippen molar-refractivity contribution in [3.05, 3.63) is 133 Å². The summed E-state index contributed by atoms with van der Waals surface area (Å²) in [6.45, 7) is 2.09. The average molecular weight is 793 g/mol. The van der Waals surface area contributed by atoms with Crippen LogP contribution in [0.5, 0.6) is 0 Å². The Balaban J connectivity index is 0.000000265. The SMILES string of the molecule is [2H]C([2H])([2H])c1cnc2c3[c-]cccc3c3cc4oc5ccccc5c4cc3c2c1C1([2H])CCC(C)(C)CC1.[Ir].[c-]1ccccc1-c1ccccn1. The number of nitrogens with zero attached hydrogens (tertiary/aromatic N) is 2. The van der Waals surface area contributed by atoms with Gasteiger partial charge < -0.3 is 14.4 Å². The Labute approximate surface area is 295 Å². The van der Waals surface area contributed by atoms with Gasteiger partial charge in [0.15, 0.2) is 0 Å². The molecule has 1 saturated carbocycles. The summed E-state index contributed by atoms with van der Waals surface area (Å²) < 4.78 is 41.4. The molecule has 4 heteroatoms. The quantitative estimate of drug-likeness (QED) is 0.129. The van der Waals surface area contributed by atoms with Crippen molar-refractivity contribution in [2.45, 2.75) is 52.3 Å². The molecule has 3 nitrogen and oxygen atoms in total. The fourth-order valence-electron chi connectivity index (χ4n) is 6.94. The molecule has 0 unspecified atom stereocenters. The van der Waals surface area contributed by atoms with Crippen LogP contribution in [-0.2, 0) is 20.1 Å². The van der Waals surface area contributed by atoms with Gasteiger partial charge in [0.2, 0.25) is 0 Å². The molecule has 3 heterocycles. The number of pyridine rings is 2. The number of aromatic nitrogens is 2. The van der Waals surface area contributed by atoms with Crippen molar-refractivity contribution in [3.8, 4) is 11.3 Å². The van der Waals surface area contributed by atoms with E-state index in [2.05, 4.69) is 49.2 Å². The molecule has 1 radical (unpaired) electrons. The minimum atomic E-state index is -2.38. The Morgan fingerprint density at radius 2 is 1.57 bits per heavy atom. The maximum Gasteiger partial charge on any atom is 0.135 e. The van der Waals surface area contributed by atoms with Gasteiger partial charge in [-0.2, -0.15) is 0 Å². The molecule has 1 aliphatic rings. The molecule has 47 heavy (non-hydrogen) atoms. The van der Waals surface area contributed by atoms with Crippen molar-refractivity contribution in [2.24, 2.45) is 5.41 Å². The largest absolute Gasteiger partial charge is 0.456 e. The first-order chi connectivity index (χ1) is 24.0. The van der Waals surface area contributed by atoms with E-state index in [0.717, 1.165) is 73.0 Å². The molecule has 1 fully saturated rings. The van der Waals surface area contributed by atoms with E-state index in [1.165, 1.54) is 6.20 Å². The van der Waals surface area contributed by atoms with E-state index in [-0.39, 0.29) is 31.1 Å². The first-order valence-electron chi connectivity index (χ1n) is 17.9. The number of aryl methyl sites for hydroxylation is 1. The van der Waals surface area contributed by atoms with Gasteiger partial charge in [-0.05, 0) is 107 Å². The molecular weight excluding hydrogens is 753 g/mol. The number of hydrogen-bond acceptors (Lipinski definition) is 3. The second-order valence-electron chi connectivity index (χ2n) is 13.0. The molecule has 0 atom stereocenters. The van der Waals surface area contributed by atoms with Crippen molar-refractivity contribution in [1.29, 1.82) is 0 Å². The number of benzene rings is 5.